The van der Waals surface area contributed by atoms with Gasteiger partial charge in [-0.05, 0) is 5.92 Å². The number of ketones is 1. The summed E-state index contributed by atoms with van der Waals surface area (Å²) < 4.78 is 0. The molecule has 1 aliphatic carbocycles. The third kappa shape index (κ3) is 4.43. The van der Waals surface area contributed by atoms with Crippen molar-refractivity contribution in [1.82, 2.24) is 5.32 Å². The van der Waals surface area contributed by atoms with E-state index in [4.69, 9.17) is 6.42 Å². The molecular weight excluding hydrogens is 174 g/mol. The summed E-state index contributed by atoms with van der Waals surface area (Å²) in [5, 5.41) is 2.94. The number of Topliss-reactive ketones (excluding diaryl/α,β-unsaturated/α-hetero) is 1. The fourth-order valence-electron chi connectivity index (χ4n) is 2.06. The number of nitrogens with one attached hydrogen (secondary N) is 1. The highest BCUT2D eigenvalue weighted by Gasteiger charge is 2.16. The van der Waals surface area contributed by atoms with Crippen molar-refractivity contribution in [2.24, 2.45) is 5.92 Å². The number of carbonyl (C=O) groups is 1. The lowest BCUT2D eigenvalue weighted by Crippen LogP contribution is -2.25. The average molecular weight is 193 g/mol. The Kier molecular flexibility index (Phi) is 5.32. The third-order valence-electron chi connectivity index (χ3n) is 2.79. The molecule has 14 heavy (non-hydrogen) atoms. The summed E-state index contributed by atoms with van der Waals surface area (Å²) in [5.41, 5.74) is 0. The Morgan fingerprint density at radius 3 is 2.71 bits per heavy atom. The molecule has 0 aromatic rings. The van der Waals surface area contributed by atoms with Gasteiger partial charge in [-0.15, -0.1) is 6.42 Å². The van der Waals surface area contributed by atoms with Gasteiger partial charge in [-0.1, -0.05) is 38.0 Å². The van der Waals surface area contributed by atoms with Crippen molar-refractivity contribution in [2.75, 3.05) is 13.1 Å². The maximum Gasteiger partial charge on any atom is 0.146 e. The zero-order chi connectivity index (χ0) is 10.2. The Labute approximate surface area is 86.5 Å². The van der Waals surface area contributed by atoms with Crippen molar-refractivity contribution in [1.29, 1.82) is 0 Å². The lowest BCUT2D eigenvalue weighted by molar-refractivity contribution is -0.119. The molecule has 0 saturated heterocycles. The summed E-state index contributed by atoms with van der Waals surface area (Å²) in [6, 6.07) is 0. The minimum absolute atomic E-state index is 0.312. The first-order valence-electron chi connectivity index (χ1n) is 5.49. The second-order valence-electron chi connectivity index (χ2n) is 4.05. The molecule has 0 radical (unpaired) electrons. The third-order valence-corrected chi connectivity index (χ3v) is 2.79. The first-order chi connectivity index (χ1) is 6.83. The average Bonchev–Trinajstić information content (AvgIpc) is 2.20. The van der Waals surface area contributed by atoms with Crippen LogP contribution in [-0.2, 0) is 4.79 Å². The van der Waals surface area contributed by atoms with E-state index in [1.807, 2.05) is 0 Å². The molecule has 0 bridgehead atoms. The van der Waals surface area contributed by atoms with Crippen LogP contribution in [0.3, 0.4) is 0 Å². The Balaban J connectivity index is 2.10. The standard InChI is InChI=1S/C12H19NO/c1-2-8-13-10-12(14)9-11-6-4-3-5-7-11/h1,11,13H,3-10H2. The van der Waals surface area contributed by atoms with Gasteiger partial charge in [-0.25, -0.2) is 0 Å². The van der Waals surface area contributed by atoms with Crippen LogP contribution >= 0.6 is 0 Å². The quantitative estimate of drug-likeness (QED) is 0.532. The molecule has 0 atom stereocenters. The summed E-state index contributed by atoms with van der Waals surface area (Å²) in [4.78, 5) is 11.5. The van der Waals surface area contributed by atoms with E-state index in [0.717, 1.165) is 6.42 Å². The normalized spacial score (nSPS) is 17.6. The van der Waals surface area contributed by atoms with Gasteiger partial charge in [-0.2, -0.15) is 0 Å². The summed E-state index contributed by atoms with van der Waals surface area (Å²) in [6.07, 6.45) is 12.2. The SMILES string of the molecule is C#CCNCC(=O)CC1CCCCC1. The van der Waals surface area contributed by atoms with E-state index in [2.05, 4.69) is 11.2 Å². The van der Waals surface area contributed by atoms with Crippen LogP contribution in [-0.4, -0.2) is 18.9 Å². The lowest BCUT2D eigenvalue weighted by atomic mass is 9.86. The first-order valence-corrected chi connectivity index (χ1v) is 5.49. The van der Waals surface area contributed by atoms with Gasteiger partial charge in [0.05, 0.1) is 13.1 Å². The zero-order valence-corrected chi connectivity index (χ0v) is 8.72. The molecule has 0 aliphatic heterocycles. The molecular formula is C12H19NO. The number of carbonyl (C=O) groups excluding carboxylic acids is 1. The number of terminal acetylenes is 1. The largest absolute Gasteiger partial charge is 0.299 e. The molecule has 0 aromatic carbocycles. The second-order valence-corrected chi connectivity index (χ2v) is 4.05. The molecule has 2 heteroatoms. The van der Waals surface area contributed by atoms with Crippen LogP contribution in [0.1, 0.15) is 38.5 Å². The summed E-state index contributed by atoms with van der Waals surface area (Å²) in [6.45, 7) is 0.942. The zero-order valence-electron chi connectivity index (χ0n) is 8.72. The van der Waals surface area contributed by atoms with E-state index in [1.54, 1.807) is 0 Å². The van der Waals surface area contributed by atoms with E-state index >= 15 is 0 Å². The van der Waals surface area contributed by atoms with Crippen LogP contribution in [0.25, 0.3) is 0 Å². The van der Waals surface area contributed by atoms with E-state index in [0.29, 0.717) is 24.8 Å². The van der Waals surface area contributed by atoms with Crippen molar-refractivity contribution in [3.05, 3.63) is 0 Å². The number of hydrogen-bond donors (Lipinski definition) is 1. The fourth-order valence-corrected chi connectivity index (χ4v) is 2.06. The van der Waals surface area contributed by atoms with Gasteiger partial charge in [0.15, 0.2) is 0 Å². The molecule has 0 spiro atoms. The maximum absolute atomic E-state index is 11.5. The van der Waals surface area contributed by atoms with E-state index < -0.39 is 0 Å². The van der Waals surface area contributed by atoms with Crippen LogP contribution in [0.2, 0.25) is 0 Å². The van der Waals surface area contributed by atoms with Crippen LogP contribution in [0.5, 0.6) is 0 Å². The monoisotopic (exact) mass is 193 g/mol. The number of rotatable bonds is 5. The molecule has 1 fully saturated rings. The van der Waals surface area contributed by atoms with Crippen LogP contribution in [0.4, 0.5) is 0 Å². The highest BCUT2D eigenvalue weighted by molar-refractivity contribution is 5.80. The van der Waals surface area contributed by atoms with Gasteiger partial charge in [0.2, 0.25) is 0 Å². The fraction of sp³-hybridized carbons (Fsp3) is 0.750. The lowest BCUT2D eigenvalue weighted by Gasteiger charge is -2.20. The molecule has 0 amide bonds. The topological polar surface area (TPSA) is 29.1 Å². The van der Waals surface area contributed by atoms with Gasteiger partial charge < -0.3 is 0 Å². The Hall–Kier alpha value is -0.810. The van der Waals surface area contributed by atoms with Crippen LogP contribution in [0.15, 0.2) is 0 Å². The van der Waals surface area contributed by atoms with Crippen LogP contribution in [0, 0.1) is 18.3 Å². The molecule has 78 valence electrons. The van der Waals surface area contributed by atoms with Gasteiger partial charge >= 0.3 is 0 Å². The first kappa shape index (κ1) is 11.3. The second kappa shape index (κ2) is 6.62. The molecule has 1 rings (SSSR count). The summed E-state index contributed by atoms with van der Waals surface area (Å²) >= 11 is 0. The van der Waals surface area contributed by atoms with Gasteiger partial charge in [-0.3, -0.25) is 10.1 Å². The molecule has 1 saturated carbocycles. The number of hydrogen-bond acceptors (Lipinski definition) is 2. The summed E-state index contributed by atoms with van der Waals surface area (Å²) in [7, 11) is 0. The molecule has 0 unspecified atom stereocenters. The Morgan fingerprint density at radius 2 is 2.07 bits per heavy atom. The Bertz CT molecular complexity index is 211. The molecule has 1 N–H and O–H groups in total. The minimum Gasteiger partial charge on any atom is -0.299 e. The van der Waals surface area contributed by atoms with Crippen molar-refractivity contribution < 1.29 is 4.79 Å². The van der Waals surface area contributed by atoms with E-state index in [9.17, 15) is 4.79 Å². The molecule has 0 aromatic heterocycles. The highest BCUT2D eigenvalue weighted by Crippen LogP contribution is 2.26. The van der Waals surface area contributed by atoms with Crippen LogP contribution < -0.4 is 5.32 Å². The maximum atomic E-state index is 11.5. The Morgan fingerprint density at radius 1 is 1.36 bits per heavy atom. The highest BCUT2D eigenvalue weighted by atomic mass is 16.1. The molecule has 2 nitrogen and oxygen atoms in total. The van der Waals surface area contributed by atoms with Crippen molar-refractivity contribution in [2.45, 2.75) is 38.5 Å². The van der Waals surface area contributed by atoms with Crippen molar-refractivity contribution in [3.8, 4) is 12.3 Å². The molecule has 0 heterocycles. The predicted octanol–water partition coefficient (Wildman–Crippen LogP) is 1.75. The van der Waals surface area contributed by atoms with Gasteiger partial charge in [0.1, 0.15) is 5.78 Å². The van der Waals surface area contributed by atoms with Gasteiger partial charge in [0.25, 0.3) is 0 Å². The predicted molar refractivity (Wildman–Crippen MR) is 57.9 cm³/mol. The minimum atomic E-state index is 0.312. The summed E-state index contributed by atoms with van der Waals surface area (Å²) in [5.74, 6) is 3.42. The van der Waals surface area contributed by atoms with Gasteiger partial charge in [0, 0.05) is 6.42 Å². The van der Waals surface area contributed by atoms with Crippen molar-refractivity contribution >= 4 is 5.78 Å². The van der Waals surface area contributed by atoms with E-state index in [1.165, 1.54) is 32.1 Å². The smallest absolute Gasteiger partial charge is 0.146 e. The van der Waals surface area contributed by atoms with Crippen molar-refractivity contribution in [3.63, 3.8) is 0 Å². The van der Waals surface area contributed by atoms with E-state index in [-0.39, 0.29) is 0 Å². The molecule has 1 aliphatic rings.